The largest absolute Gasteiger partial charge is 0.483 e. The van der Waals surface area contributed by atoms with Gasteiger partial charge < -0.3 is 29.3 Å². The molecule has 6 rings (SSSR count). The highest BCUT2D eigenvalue weighted by Crippen LogP contribution is 2.45. The minimum absolute atomic E-state index is 0.126. The van der Waals surface area contributed by atoms with E-state index in [1.54, 1.807) is 0 Å². The van der Waals surface area contributed by atoms with E-state index in [1.165, 1.54) is 11.3 Å². The fraction of sp³-hybridized carbons (Fsp3) is 0.600. The van der Waals surface area contributed by atoms with Gasteiger partial charge >= 0.3 is 6.09 Å². The first kappa shape index (κ1) is 26.2. The molecule has 1 amide bonds. The molecule has 1 aromatic carbocycles. The first-order valence-electron chi connectivity index (χ1n) is 14.3. The zero-order valence-corrected chi connectivity index (χ0v) is 23.8. The molecule has 0 saturated carbocycles. The number of pyridine rings is 1. The van der Waals surface area contributed by atoms with Crippen LogP contribution in [0, 0.1) is 6.92 Å². The molecule has 0 spiro atoms. The maximum atomic E-state index is 12.5. The van der Waals surface area contributed by atoms with Crippen molar-refractivity contribution in [2.75, 3.05) is 62.7 Å². The van der Waals surface area contributed by atoms with Crippen LogP contribution in [0.1, 0.15) is 62.8 Å². The van der Waals surface area contributed by atoms with Gasteiger partial charge in [-0.05, 0) is 64.3 Å². The van der Waals surface area contributed by atoms with Crippen LogP contribution >= 0.6 is 0 Å². The van der Waals surface area contributed by atoms with Crippen molar-refractivity contribution in [3.05, 3.63) is 41.1 Å². The summed E-state index contributed by atoms with van der Waals surface area (Å²) in [6, 6.07) is 7.02. The number of rotatable bonds is 3. The summed E-state index contributed by atoms with van der Waals surface area (Å²) in [6.07, 6.45) is 2.56. The molecule has 9 nitrogen and oxygen atoms in total. The lowest BCUT2D eigenvalue weighted by Crippen LogP contribution is -2.52. The number of benzene rings is 1. The Morgan fingerprint density at radius 2 is 1.90 bits per heavy atom. The van der Waals surface area contributed by atoms with Gasteiger partial charge in [0, 0.05) is 63.1 Å². The third-order valence-electron chi connectivity index (χ3n) is 8.28. The van der Waals surface area contributed by atoms with Crippen LogP contribution in [0.25, 0.3) is 0 Å². The van der Waals surface area contributed by atoms with E-state index in [-0.39, 0.29) is 12.2 Å². The second kappa shape index (κ2) is 10.2. The van der Waals surface area contributed by atoms with E-state index in [0.29, 0.717) is 12.0 Å². The van der Waals surface area contributed by atoms with Crippen LogP contribution in [0.15, 0.2) is 24.4 Å². The summed E-state index contributed by atoms with van der Waals surface area (Å²) in [4.78, 5) is 24.0. The van der Waals surface area contributed by atoms with E-state index in [4.69, 9.17) is 19.2 Å². The van der Waals surface area contributed by atoms with Crippen molar-refractivity contribution in [2.24, 2.45) is 0 Å². The molecule has 0 aliphatic carbocycles. The highest BCUT2D eigenvalue weighted by molar-refractivity contribution is 5.75. The molecule has 210 valence electrons. The van der Waals surface area contributed by atoms with Crippen LogP contribution in [0.3, 0.4) is 0 Å². The zero-order chi connectivity index (χ0) is 27.3. The lowest BCUT2D eigenvalue weighted by atomic mass is 9.88. The topological polar surface area (TPSA) is 79.4 Å². The molecule has 3 saturated heterocycles. The van der Waals surface area contributed by atoms with Crippen molar-refractivity contribution in [1.29, 1.82) is 0 Å². The number of nitrogens with one attached hydrogen (secondary N) is 1. The Labute approximate surface area is 231 Å². The molecule has 0 bridgehead atoms. The zero-order valence-electron chi connectivity index (χ0n) is 23.8. The average molecular weight is 536 g/mol. The fourth-order valence-corrected chi connectivity index (χ4v) is 6.25. The summed E-state index contributed by atoms with van der Waals surface area (Å²) in [5.41, 5.74) is 5.25. The van der Waals surface area contributed by atoms with Crippen molar-refractivity contribution in [2.45, 2.75) is 64.7 Å². The monoisotopic (exact) mass is 535 g/mol. The van der Waals surface area contributed by atoms with Gasteiger partial charge in [0.15, 0.2) is 0 Å². The molecule has 5 heterocycles. The van der Waals surface area contributed by atoms with Crippen LogP contribution in [0.2, 0.25) is 0 Å². The predicted molar refractivity (Wildman–Crippen MR) is 151 cm³/mol. The van der Waals surface area contributed by atoms with Gasteiger partial charge in [-0.2, -0.15) is 0 Å². The number of anilines is 3. The van der Waals surface area contributed by atoms with Gasteiger partial charge in [0.1, 0.15) is 23.3 Å². The molecular formula is C30H41N5O4. The number of carbonyl (C=O) groups is 1. The Morgan fingerprint density at radius 1 is 1.13 bits per heavy atom. The molecule has 1 aromatic heterocycles. The predicted octanol–water partition coefficient (Wildman–Crippen LogP) is 4.83. The highest BCUT2D eigenvalue weighted by atomic mass is 16.6. The number of aromatic nitrogens is 1. The number of likely N-dealkylation sites (tertiary alicyclic amines) is 2. The van der Waals surface area contributed by atoms with E-state index in [9.17, 15) is 4.79 Å². The van der Waals surface area contributed by atoms with Crippen molar-refractivity contribution in [3.63, 3.8) is 0 Å². The number of ether oxygens (including phenoxy) is 3. The molecule has 4 aliphatic heterocycles. The Balaban J connectivity index is 1.15. The lowest BCUT2D eigenvalue weighted by molar-refractivity contribution is 0.0260. The third-order valence-corrected chi connectivity index (χ3v) is 8.28. The van der Waals surface area contributed by atoms with E-state index in [1.807, 2.05) is 31.9 Å². The van der Waals surface area contributed by atoms with Gasteiger partial charge in [0.05, 0.1) is 24.5 Å². The summed E-state index contributed by atoms with van der Waals surface area (Å²) in [7, 11) is 0. The molecule has 2 aromatic rings. The van der Waals surface area contributed by atoms with E-state index >= 15 is 0 Å². The number of hydrogen-bond donors (Lipinski definition) is 1. The molecule has 2 atom stereocenters. The minimum atomic E-state index is -0.462. The Morgan fingerprint density at radius 3 is 2.64 bits per heavy atom. The number of aryl methyl sites for hydroxylation is 1. The molecule has 39 heavy (non-hydrogen) atoms. The Hall–Kier alpha value is -3.04. The van der Waals surface area contributed by atoms with Gasteiger partial charge in [0.2, 0.25) is 0 Å². The van der Waals surface area contributed by atoms with E-state index in [0.717, 1.165) is 87.3 Å². The maximum absolute atomic E-state index is 12.5. The van der Waals surface area contributed by atoms with Crippen LogP contribution in [0.5, 0.6) is 5.75 Å². The SMILES string of the molecule is Cc1cc(C2CN([C@@H]3CCN(C(=O)OC(C)(C)C)C3)C2)cc2c1O[C@@H](C)c1c(N3CCOCC3)ccnc1N2. The van der Waals surface area contributed by atoms with Gasteiger partial charge in [-0.25, -0.2) is 9.78 Å². The van der Waals surface area contributed by atoms with Crippen LogP contribution < -0.4 is 15.0 Å². The van der Waals surface area contributed by atoms with E-state index < -0.39 is 5.60 Å². The standard InChI is InChI=1S/C30H41N5O4/c1-19-14-21(22-16-35(17-22)23-7-9-34(18-23)29(36)39-30(3,4)5)15-24-27(19)38-20(2)26-25(6-8-31-28(26)32-24)33-10-12-37-13-11-33/h6,8,14-15,20,22-23H,7,9-13,16-18H2,1-5H3,(H,31,32)/t20-,23+/m0/s1. The van der Waals surface area contributed by atoms with Crippen molar-refractivity contribution >= 4 is 23.3 Å². The second-order valence-electron chi connectivity index (χ2n) is 12.3. The van der Waals surface area contributed by atoms with Crippen molar-refractivity contribution in [1.82, 2.24) is 14.8 Å². The number of fused-ring (bicyclic) bond motifs is 2. The fourth-order valence-electron chi connectivity index (χ4n) is 6.25. The van der Waals surface area contributed by atoms with Gasteiger partial charge in [-0.15, -0.1) is 0 Å². The number of hydrogen-bond acceptors (Lipinski definition) is 8. The third kappa shape index (κ3) is 5.26. The lowest BCUT2D eigenvalue weighted by Gasteiger charge is -2.43. The van der Waals surface area contributed by atoms with Gasteiger partial charge in [0.25, 0.3) is 0 Å². The summed E-state index contributed by atoms with van der Waals surface area (Å²) < 4.78 is 17.7. The van der Waals surface area contributed by atoms with Gasteiger partial charge in [-0.3, -0.25) is 4.90 Å². The molecule has 1 N–H and O–H groups in total. The normalized spacial score (nSPS) is 23.7. The second-order valence-corrected chi connectivity index (χ2v) is 12.3. The highest BCUT2D eigenvalue weighted by Gasteiger charge is 2.39. The number of nitrogens with zero attached hydrogens (tertiary/aromatic N) is 4. The number of amides is 1. The quantitative estimate of drug-likeness (QED) is 0.599. The maximum Gasteiger partial charge on any atom is 0.410 e. The molecule has 4 aliphatic rings. The molecule has 0 unspecified atom stereocenters. The Bertz CT molecular complexity index is 1230. The first-order chi connectivity index (χ1) is 18.7. The number of morpholine rings is 1. The summed E-state index contributed by atoms with van der Waals surface area (Å²) in [5, 5.41) is 3.63. The molecule has 0 radical (unpaired) electrons. The minimum Gasteiger partial charge on any atom is -0.483 e. The van der Waals surface area contributed by atoms with Crippen LogP contribution in [0.4, 0.5) is 22.0 Å². The summed E-state index contributed by atoms with van der Waals surface area (Å²) in [6.45, 7) is 16.7. The van der Waals surface area contributed by atoms with Crippen molar-refractivity contribution < 1.29 is 19.0 Å². The number of carbonyl (C=O) groups excluding carboxylic acids is 1. The van der Waals surface area contributed by atoms with E-state index in [2.05, 4.69) is 47.2 Å². The Kier molecular flexibility index (Phi) is 6.83. The van der Waals surface area contributed by atoms with Crippen LogP contribution in [-0.2, 0) is 9.47 Å². The van der Waals surface area contributed by atoms with Crippen molar-refractivity contribution in [3.8, 4) is 5.75 Å². The smallest absolute Gasteiger partial charge is 0.410 e. The van der Waals surface area contributed by atoms with Crippen LogP contribution in [-0.4, -0.2) is 85.0 Å². The molecular weight excluding hydrogens is 494 g/mol. The molecule has 9 heteroatoms. The summed E-state index contributed by atoms with van der Waals surface area (Å²) >= 11 is 0. The first-order valence-corrected chi connectivity index (χ1v) is 14.3. The molecule has 3 fully saturated rings. The van der Waals surface area contributed by atoms with Gasteiger partial charge in [-0.1, -0.05) is 6.07 Å². The average Bonchev–Trinajstić information content (AvgIpc) is 3.29. The summed E-state index contributed by atoms with van der Waals surface area (Å²) in [5.74, 6) is 2.22.